The van der Waals surface area contributed by atoms with Gasteiger partial charge < -0.3 is 20.9 Å². The maximum atomic E-state index is 12.5. The van der Waals surface area contributed by atoms with Gasteiger partial charge >= 0.3 is 0 Å². The highest BCUT2D eigenvalue weighted by molar-refractivity contribution is 6.30. The molecule has 4 aliphatic rings. The first-order valence-electron chi connectivity index (χ1n) is 15.4. The van der Waals surface area contributed by atoms with Crippen molar-refractivity contribution in [2.24, 2.45) is 17.6 Å². The number of nitrogens with zero attached hydrogens (tertiary/aromatic N) is 2. The van der Waals surface area contributed by atoms with E-state index in [-0.39, 0.29) is 5.91 Å². The standard InChI is InChI=1S/C19H27ClN2O.C12H24N2/c20-17-10-8-15(9-11-17)19(23)21-18-7-3-2-6-16(18)14-22-12-4-1-5-13-22;13-12-7-3-2-6-11(12)10-14-8-4-1-5-9-14/h8-11,16,18H,1-7,12-14H2,(H,21,23);11-12H,1-10,13H2/t16-,18+;11-,12+/m00/s1. The molecule has 2 saturated carbocycles. The molecule has 208 valence electrons. The number of carbonyl (C=O) groups is 1. The van der Waals surface area contributed by atoms with Crippen LogP contribution in [0.15, 0.2) is 24.3 Å². The van der Waals surface area contributed by atoms with Crippen LogP contribution in [0.3, 0.4) is 0 Å². The lowest BCUT2D eigenvalue weighted by Gasteiger charge is -2.37. The molecule has 37 heavy (non-hydrogen) atoms. The number of piperidine rings is 2. The Hall–Kier alpha value is -1.14. The summed E-state index contributed by atoms with van der Waals surface area (Å²) < 4.78 is 0. The zero-order valence-corrected chi connectivity index (χ0v) is 23.8. The molecule has 4 fully saturated rings. The molecule has 0 bridgehead atoms. The van der Waals surface area contributed by atoms with Gasteiger partial charge in [0.05, 0.1) is 0 Å². The second-order valence-corrected chi connectivity index (χ2v) is 12.5. The van der Waals surface area contributed by atoms with Crippen molar-refractivity contribution >= 4 is 17.5 Å². The van der Waals surface area contributed by atoms with Crippen molar-refractivity contribution in [1.29, 1.82) is 0 Å². The van der Waals surface area contributed by atoms with Gasteiger partial charge in [-0.2, -0.15) is 0 Å². The lowest BCUT2D eigenvalue weighted by molar-refractivity contribution is 0.0877. The number of halogens is 1. The first-order valence-corrected chi connectivity index (χ1v) is 15.7. The molecule has 2 aliphatic heterocycles. The SMILES string of the molecule is N[C@@H]1CCCC[C@H]1CN1CCCCC1.O=C(N[C@@H]1CCCC[C@H]1CN1CCCCC1)c1ccc(Cl)cc1. The van der Waals surface area contributed by atoms with Gasteiger partial charge in [0.25, 0.3) is 5.91 Å². The molecule has 5 rings (SSSR count). The fourth-order valence-corrected chi connectivity index (χ4v) is 7.01. The molecular formula is C31H51ClN4O. The lowest BCUT2D eigenvalue weighted by Crippen LogP contribution is -2.47. The minimum atomic E-state index is 0.0391. The van der Waals surface area contributed by atoms with E-state index in [1.807, 2.05) is 0 Å². The van der Waals surface area contributed by atoms with Gasteiger partial charge in [-0.3, -0.25) is 4.79 Å². The van der Waals surface area contributed by atoms with Crippen molar-refractivity contribution in [2.45, 2.75) is 102 Å². The Labute approximate surface area is 230 Å². The van der Waals surface area contributed by atoms with Crippen LogP contribution in [0.1, 0.15) is 100 Å². The van der Waals surface area contributed by atoms with E-state index in [1.54, 1.807) is 24.3 Å². The molecule has 4 atom stereocenters. The summed E-state index contributed by atoms with van der Waals surface area (Å²) >= 11 is 5.90. The molecular weight excluding hydrogens is 480 g/mol. The fraction of sp³-hybridized carbons (Fsp3) is 0.774. The van der Waals surface area contributed by atoms with Crippen molar-refractivity contribution in [3.05, 3.63) is 34.9 Å². The highest BCUT2D eigenvalue weighted by Crippen LogP contribution is 2.27. The van der Waals surface area contributed by atoms with Crippen molar-refractivity contribution in [3.63, 3.8) is 0 Å². The van der Waals surface area contributed by atoms with Crippen LogP contribution >= 0.6 is 11.6 Å². The van der Waals surface area contributed by atoms with Gasteiger partial charge in [-0.25, -0.2) is 0 Å². The molecule has 1 aromatic rings. The average Bonchev–Trinajstić information content (AvgIpc) is 2.93. The number of benzene rings is 1. The van der Waals surface area contributed by atoms with Gasteiger partial charge in [-0.05, 0) is 114 Å². The van der Waals surface area contributed by atoms with Gasteiger partial charge in [0, 0.05) is 35.8 Å². The normalized spacial score (nSPS) is 29.7. The van der Waals surface area contributed by atoms with Gasteiger partial charge in [0.2, 0.25) is 0 Å². The van der Waals surface area contributed by atoms with Crippen LogP contribution in [-0.4, -0.2) is 67.1 Å². The summed E-state index contributed by atoms with van der Waals surface area (Å²) in [6.07, 6.45) is 18.5. The number of likely N-dealkylation sites (tertiary alicyclic amines) is 2. The molecule has 5 nitrogen and oxygen atoms in total. The number of hydrogen-bond donors (Lipinski definition) is 2. The van der Waals surface area contributed by atoms with Gasteiger partial charge in [-0.1, -0.05) is 50.1 Å². The smallest absolute Gasteiger partial charge is 0.251 e. The van der Waals surface area contributed by atoms with E-state index < -0.39 is 0 Å². The maximum absolute atomic E-state index is 12.5. The van der Waals surface area contributed by atoms with E-state index in [4.69, 9.17) is 17.3 Å². The summed E-state index contributed by atoms with van der Waals surface area (Å²) in [6.45, 7) is 7.53. The van der Waals surface area contributed by atoms with E-state index in [2.05, 4.69) is 15.1 Å². The summed E-state index contributed by atoms with van der Waals surface area (Å²) in [5.74, 6) is 1.43. The fourth-order valence-electron chi connectivity index (χ4n) is 6.88. The van der Waals surface area contributed by atoms with Crippen molar-refractivity contribution in [3.8, 4) is 0 Å². The number of rotatable bonds is 6. The van der Waals surface area contributed by atoms with Crippen LogP contribution in [0, 0.1) is 11.8 Å². The summed E-state index contributed by atoms with van der Waals surface area (Å²) in [5.41, 5.74) is 6.87. The third kappa shape index (κ3) is 9.53. The van der Waals surface area contributed by atoms with Crippen LogP contribution in [0.25, 0.3) is 0 Å². The Bertz CT molecular complexity index is 791. The molecule has 0 aromatic heterocycles. The zero-order valence-electron chi connectivity index (χ0n) is 23.0. The average molecular weight is 531 g/mol. The summed E-state index contributed by atoms with van der Waals surface area (Å²) in [5, 5.41) is 3.95. The van der Waals surface area contributed by atoms with E-state index >= 15 is 0 Å². The van der Waals surface area contributed by atoms with Gasteiger partial charge in [0.1, 0.15) is 0 Å². The van der Waals surface area contributed by atoms with E-state index in [1.165, 1.54) is 116 Å². The van der Waals surface area contributed by atoms with Crippen LogP contribution in [0.2, 0.25) is 5.02 Å². The minimum Gasteiger partial charge on any atom is -0.349 e. The largest absolute Gasteiger partial charge is 0.349 e. The molecule has 0 unspecified atom stereocenters. The molecule has 2 aliphatic carbocycles. The Kier molecular flexibility index (Phi) is 12.1. The third-order valence-electron chi connectivity index (χ3n) is 9.18. The molecule has 1 amide bonds. The third-order valence-corrected chi connectivity index (χ3v) is 9.43. The second-order valence-electron chi connectivity index (χ2n) is 12.1. The monoisotopic (exact) mass is 530 g/mol. The quantitative estimate of drug-likeness (QED) is 0.466. The first-order chi connectivity index (χ1) is 18.1. The van der Waals surface area contributed by atoms with Crippen LogP contribution in [0.5, 0.6) is 0 Å². The molecule has 1 aromatic carbocycles. The molecule has 6 heteroatoms. The highest BCUT2D eigenvalue weighted by atomic mass is 35.5. The number of nitrogens with two attached hydrogens (primary N) is 1. The highest BCUT2D eigenvalue weighted by Gasteiger charge is 2.29. The maximum Gasteiger partial charge on any atom is 0.251 e. The van der Waals surface area contributed by atoms with Gasteiger partial charge in [0.15, 0.2) is 0 Å². The summed E-state index contributed by atoms with van der Waals surface area (Å²) in [6, 6.07) is 7.98. The number of nitrogens with one attached hydrogen (secondary N) is 1. The number of hydrogen-bond acceptors (Lipinski definition) is 4. The topological polar surface area (TPSA) is 61.6 Å². The zero-order chi connectivity index (χ0) is 25.9. The predicted molar refractivity (Wildman–Crippen MR) is 155 cm³/mol. The Morgan fingerprint density at radius 2 is 1.24 bits per heavy atom. The van der Waals surface area contributed by atoms with Crippen LogP contribution < -0.4 is 11.1 Å². The van der Waals surface area contributed by atoms with Gasteiger partial charge in [-0.15, -0.1) is 0 Å². The summed E-state index contributed by atoms with van der Waals surface area (Å²) in [7, 11) is 0. The van der Waals surface area contributed by atoms with E-state index in [9.17, 15) is 4.79 Å². The minimum absolute atomic E-state index is 0.0391. The molecule has 0 spiro atoms. The lowest BCUT2D eigenvalue weighted by atomic mass is 9.83. The van der Waals surface area contributed by atoms with Crippen molar-refractivity contribution in [1.82, 2.24) is 15.1 Å². The van der Waals surface area contributed by atoms with Crippen molar-refractivity contribution < 1.29 is 4.79 Å². The van der Waals surface area contributed by atoms with Crippen LogP contribution in [0.4, 0.5) is 0 Å². The number of amides is 1. The second kappa shape index (κ2) is 15.5. The molecule has 2 saturated heterocycles. The summed E-state index contributed by atoms with van der Waals surface area (Å²) in [4.78, 5) is 17.7. The van der Waals surface area contributed by atoms with Crippen molar-refractivity contribution in [2.75, 3.05) is 39.3 Å². The molecule has 0 radical (unpaired) electrons. The Balaban J connectivity index is 0.000000195. The molecule has 3 N–H and O–H groups in total. The van der Waals surface area contributed by atoms with Crippen LogP contribution in [-0.2, 0) is 0 Å². The van der Waals surface area contributed by atoms with E-state index in [0.29, 0.717) is 28.6 Å². The Morgan fingerprint density at radius 1 is 0.730 bits per heavy atom. The first kappa shape index (κ1) is 28.9. The Morgan fingerprint density at radius 3 is 1.84 bits per heavy atom. The predicted octanol–water partition coefficient (Wildman–Crippen LogP) is 6.10. The number of carbonyl (C=O) groups excluding carboxylic acids is 1. The van der Waals surface area contributed by atoms with E-state index in [0.717, 1.165) is 18.9 Å². The molecule has 2 heterocycles.